The molecule has 1 unspecified atom stereocenters. The Morgan fingerprint density at radius 2 is 1.72 bits per heavy atom. The summed E-state index contributed by atoms with van der Waals surface area (Å²) >= 11 is 0. The van der Waals surface area contributed by atoms with Crippen molar-refractivity contribution < 1.29 is 22.6 Å². The second-order valence-electron chi connectivity index (χ2n) is 8.94. The molecule has 1 aliphatic rings. The molecule has 1 aliphatic carbocycles. The van der Waals surface area contributed by atoms with Gasteiger partial charge in [0.1, 0.15) is 22.9 Å². The van der Waals surface area contributed by atoms with E-state index in [0.29, 0.717) is 17.1 Å². The summed E-state index contributed by atoms with van der Waals surface area (Å²) in [4.78, 5) is 8.04. The predicted octanol–water partition coefficient (Wildman–Crippen LogP) is 7.87. The Hall–Kier alpha value is -3.49. The Balaban J connectivity index is 1.53. The van der Waals surface area contributed by atoms with Crippen molar-refractivity contribution in [2.75, 3.05) is 10.6 Å². The standard InChI is InChI=1S/C27H31F3N4O2/c1-3-18(2)35-24-12-8-7-11-23(24)33-25-22(27(28,29)30)17-31-26(34-25)32-19-13-15-21(16-14-19)36-20-9-5-4-6-10-20/h7-8,11-18,20H,3-6,9-10H2,1-2H3,(H2,31,32,33,34). The van der Waals surface area contributed by atoms with Gasteiger partial charge in [0.15, 0.2) is 0 Å². The highest BCUT2D eigenvalue weighted by molar-refractivity contribution is 5.67. The van der Waals surface area contributed by atoms with E-state index in [1.165, 1.54) is 19.3 Å². The minimum Gasteiger partial charge on any atom is -0.490 e. The molecule has 3 aromatic rings. The lowest BCUT2D eigenvalue weighted by Crippen LogP contribution is -2.19. The van der Waals surface area contributed by atoms with Crippen LogP contribution in [0.3, 0.4) is 0 Å². The molecule has 2 N–H and O–H groups in total. The third-order valence-electron chi connectivity index (χ3n) is 6.10. The summed E-state index contributed by atoms with van der Waals surface area (Å²) in [5, 5.41) is 5.78. The summed E-state index contributed by atoms with van der Waals surface area (Å²) < 4.78 is 53.1. The molecule has 0 spiro atoms. The van der Waals surface area contributed by atoms with Crippen LogP contribution in [-0.4, -0.2) is 22.2 Å². The smallest absolute Gasteiger partial charge is 0.421 e. The van der Waals surface area contributed by atoms with Crippen LogP contribution < -0.4 is 20.1 Å². The number of halogens is 3. The van der Waals surface area contributed by atoms with E-state index in [4.69, 9.17) is 9.47 Å². The van der Waals surface area contributed by atoms with Crippen molar-refractivity contribution >= 4 is 23.1 Å². The van der Waals surface area contributed by atoms with Crippen LogP contribution >= 0.6 is 0 Å². The van der Waals surface area contributed by atoms with E-state index in [9.17, 15) is 13.2 Å². The van der Waals surface area contributed by atoms with Gasteiger partial charge in [0, 0.05) is 11.9 Å². The molecule has 192 valence electrons. The monoisotopic (exact) mass is 500 g/mol. The summed E-state index contributed by atoms with van der Waals surface area (Å²) in [6.45, 7) is 3.87. The van der Waals surface area contributed by atoms with Crippen LogP contribution in [0.15, 0.2) is 54.7 Å². The van der Waals surface area contributed by atoms with Gasteiger partial charge in [0.25, 0.3) is 0 Å². The average molecular weight is 501 g/mol. The van der Waals surface area contributed by atoms with E-state index < -0.39 is 11.7 Å². The van der Waals surface area contributed by atoms with Crippen LogP contribution in [0.1, 0.15) is 57.9 Å². The van der Waals surface area contributed by atoms with Crippen molar-refractivity contribution in [3.05, 3.63) is 60.3 Å². The van der Waals surface area contributed by atoms with Gasteiger partial charge in [-0.2, -0.15) is 18.2 Å². The van der Waals surface area contributed by atoms with Gasteiger partial charge in [-0.3, -0.25) is 0 Å². The van der Waals surface area contributed by atoms with Crippen molar-refractivity contribution in [3.63, 3.8) is 0 Å². The first-order chi connectivity index (χ1) is 17.3. The molecule has 1 heterocycles. The third-order valence-corrected chi connectivity index (χ3v) is 6.10. The Bertz CT molecular complexity index is 1130. The van der Waals surface area contributed by atoms with Crippen molar-refractivity contribution in [1.29, 1.82) is 0 Å². The first kappa shape index (κ1) is 25.6. The highest BCUT2D eigenvalue weighted by Crippen LogP contribution is 2.37. The topological polar surface area (TPSA) is 68.3 Å². The molecule has 1 atom stereocenters. The average Bonchev–Trinajstić information content (AvgIpc) is 2.86. The molecule has 1 saturated carbocycles. The minimum absolute atomic E-state index is 0.0341. The maximum Gasteiger partial charge on any atom is 0.421 e. The van der Waals surface area contributed by atoms with Gasteiger partial charge in [-0.1, -0.05) is 25.5 Å². The number of nitrogens with one attached hydrogen (secondary N) is 2. The molecule has 9 heteroatoms. The number of hydrogen-bond donors (Lipinski definition) is 2. The molecule has 0 aliphatic heterocycles. The number of benzene rings is 2. The molecule has 1 fully saturated rings. The molecule has 4 rings (SSSR count). The van der Waals surface area contributed by atoms with Crippen LogP contribution in [-0.2, 0) is 6.18 Å². The number of anilines is 4. The fourth-order valence-corrected chi connectivity index (χ4v) is 3.97. The van der Waals surface area contributed by atoms with Crippen molar-refractivity contribution in [3.8, 4) is 11.5 Å². The van der Waals surface area contributed by atoms with Crippen molar-refractivity contribution in [2.45, 2.75) is 70.8 Å². The molecule has 6 nitrogen and oxygen atoms in total. The molecule has 36 heavy (non-hydrogen) atoms. The zero-order chi connectivity index (χ0) is 25.5. The molecular formula is C27H31F3N4O2. The van der Waals surface area contributed by atoms with Crippen LogP contribution in [0.25, 0.3) is 0 Å². The highest BCUT2D eigenvalue weighted by atomic mass is 19.4. The fraction of sp³-hybridized carbons (Fsp3) is 0.407. The zero-order valence-electron chi connectivity index (χ0n) is 20.4. The number of alkyl halides is 3. The molecule has 2 aromatic carbocycles. The quantitative estimate of drug-likeness (QED) is 0.312. The number of ether oxygens (including phenoxy) is 2. The lowest BCUT2D eigenvalue weighted by molar-refractivity contribution is -0.137. The summed E-state index contributed by atoms with van der Waals surface area (Å²) in [6.07, 6.45) is 2.76. The van der Waals surface area contributed by atoms with E-state index >= 15 is 0 Å². The lowest BCUT2D eigenvalue weighted by atomic mass is 9.98. The van der Waals surface area contributed by atoms with Gasteiger partial charge in [-0.15, -0.1) is 0 Å². The number of aromatic nitrogens is 2. The SMILES string of the molecule is CCC(C)Oc1ccccc1Nc1nc(Nc2ccc(OC3CCCCC3)cc2)ncc1C(F)(F)F. The van der Waals surface area contributed by atoms with Crippen LogP contribution in [0.2, 0.25) is 0 Å². The van der Waals surface area contributed by atoms with E-state index in [1.807, 2.05) is 26.0 Å². The lowest BCUT2D eigenvalue weighted by Gasteiger charge is -2.23. The van der Waals surface area contributed by atoms with Gasteiger partial charge in [-0.05, 0) is 75.4 Å². The van der Waals surface area contributed by atoms with Gasteiger partial charge in [-0.25, -0.2) is 4.98 Å². The third kappa shape index (κ3) is 6.80. The second kappa shape index (κ2) is 11.5. The first-order valence-electron chi connectivity index (χ1n) is 12.3. The molecule has 0 amide bonds. The maximum atomic E-state index is 13.7. The Labute approximate surface area is 209 Å². The van der Waals surface area contributed by atoms with E-state index in [2.05, 4.69) is 20.6 Å². The Kier molecular flexibility index (Phi) is 8.18. The normalized spacial score (nSPS) is 15.2. The van der Waals surface area contributed by atoms with Gasteiger partial charge in [0.2, 0.25) is 5.95 Å². The van der Waals surface area contributed by atoms with Crippen LogP contribution in [0, 0.1) is 0 Å². The minimum atomic E-state index is -4.63. The van der Waals surface area contributed by atoms with Gasteiger partial charge < -0.3 is 20.1 Å². The van der Waals surface area contributed by atoms with E-state index in [1.54, 1.807) is 36.4 Å². The fourth-order valence-electron chi connectivity index (χ4n) is 3.97. The second-order valence-corrected chi connectivity index (χ2v) is 8.94. The first-order valence-corrected chi connectivity index (χ1v) is 12.3. The maximum absolute atomic E-state index is 13.7. The highest BCUT2D eigenvalue weighted by Gasteiger charge is 2.35. The van der Waals surface area contributed by atoms with Crippen molar-refractivity contribution in [1.82, 2.24) is 9.97 Å². The predicted molar refractivity (Wildman–Crippen MR) is 134 cm³/mol. The number of nitrogens with zero attached hydrogens (tertiary/aromatic N) is 2. The summed E-state index contributed by atoms with van der Waals surface area (Å²) in [7, 11) is 0. The van der Waals surface area contributed by atoms with Crippen LogP contribution in [0.4, 0.5) is 36.3 Å². The Morgan fingerprint density at radius 3 is 2.42 bits per heavy atom. The zero-order valence-corrected chi connectivity index (χ0v) is 20.4. The summed E-state index contributed by atoms with van der Waals surface area (Å²) in [5.41, 5.74) is 0.0528. The van der Waals surface area contributed by atoms with Gasteiger partial charge >= 0.3 is 6.18 Å². The largest absolute Gasteiger partial charge is 0.490 e. The van der Waals surface area contributed by atoms with Crippen LogP contribution in [0.5, 0.6) is 11.5 Å². The molecule has 1 aromatic heterocycles. The van der Waals surface area contributed by atoms with Gasteiger partial charge in [0.05, 0.1) is 17.9 Å². The van der Waals surface area contributed by atoms with E-state index in [0.717, 1.165) is 31.2 Å². The number of rotatable bonds is 9. The van der Waals surface area contributed by atoms with E-state index in [-0.39, 0.29) is 24.0 Å². The summed E-state index contributed by atoms with van der Waals surface area (Å²) in [5.74, 6) is 0.881. The molecule has 0 saturated heterocycles. The molecule has 0 bridgehead atoms. The molecule has 0 radical (unpaired) electrons. The number of para-hydroxylation sites is 2. The number of hydrogen-bond acceptors (Lipinski definition) is 6. The Morgan fingerprint density at radius 1 is 1.00 bits per heavy atom. The van der Waals surface area contributed by atoms with Crippen molar-refractivity contribution in [2.24, 2.45) is 0 Å². The summed E-state index contributed by atoms with van der Waals surface area (Å²) in [6, 6.07) is 14.1. The molecular weight excluding hydrogens is 469 g/mol.